The van der Waals surface area contributed by atoms with Gasteiger partial charge in [-0.1, -0.05) is 0 Å². The number of carboxylic acids is 1. The molecule has 0 aromatic carbocycles. The number of likely N-dealkylation sites (tertiary alicyclic amines) is 1. The molecule has 1 N–H and O–H groups in total. The molecule has 7 heteroatoms. The Kier molecular flexibility index (Phi) is 5.18. The third-order valence-electron chi connectivity index (χ3n) is 4.27. The van der Waals surface area contributed by atoms with Crippen molar-refractivity contribution in [3.63, 3.8) is 0 Å². The maximum absolute atomic E-state index is 12.5. The first-order valence-corrected chi connectivity index (χ1v) is 7.49. The van der Waals surface area contributed by atoms with Crippen LogP contribution in [0.2, 0.25) is 0 Å². The zero-order valence-corrected chi connectivity index (χ0v) is 13.1. The number of carbonyl (C=O) groups is 2. The Morgan fingerprint density at radius 1 is 1.50 bits per heavy atom. The summed E-state index contributed by atoms with van der Waals surface area (Å²) in [7, 11) is 3.35. The van der Waals surface area contributed by atoms with Gasteiger partial charge in [-0.3, -0.25) is 14.3 Å². The van der Waals surface area contributed by atoms with Gasteiger partial charge in [0, 0.05) is 40.1 Å². The normalized spacial score (nSPS) is 21.8. The molecule has 0 bridgehead atoms. The maximum atomic E-state index is 12.5. The van der Waals surface area contributed by atoms with Crippen molar-refractivity contribution in [3.8, 4) is 0 Å². The number of aliphatic carboxylic acids is 1. The molecule has 1 unspecified atom stereocenters. The highest BCUT2D eigenvalue weighted by atomic mass is 16.5. The lowest BCUT2D eigenvalue weighted by Gasteiger charge is -2.40. The average molecular weight is 309 g/mol. The summed E-state index contributed by atoms with van der Waals surface area (Å²) in [6, 6.07) is 0. The summed E-state index contributed by atoms with van der Waals surface area (Å²) in [5, 5.41) is 13.7. The first-order valence-electron chi connectivity index (χ1n) is 7.49. The van der Waals surface area contributed by atoms with Crippen molar-refractivity contribution in [3.05, 3.63) is 18.0 Å². The van der Waals surface area contributed by atoms with Crippen LogP contribution in [-0.2, 0) is 16.6 Å². The number of hydrogen-bond acceptors (Lipinski definition) is 4. The quantitative estimate of drug-likeness (QED) is 0.797. The number of aromatic nitrogens is 2. The Morgan fingerprint density at radius 2 is 2.27 bits per heavy atom. The van der Waals surface area contributed by atoms with Gasteiger partial charge in [0.05, 0.1) is 17.2 Å². The predicted octanol–water partition coefficient (Wildman–Crippen LogP) is 1.15. The molecule has 7 nitrogen and oxygen atoms in total. The second kappa shape index (κ2) is 6.91. The van der Waals surface area contributed by atoms with Gasteiger partial charge in [0.25, 0.3) is 5.91 Å². The van der Waals surface area contributed by atoms with Gasteiger partial charge in [-0.05, 0) is 25.7 Å². The number of ether oxygens (including phenoxy) is 1. The number of nitrogens with zero attached hydrogens (tertiary/aromatic N) is 3. The molecule has 1 fully saturated rings. The monoisotopic (exact) mass is 309 g/mol. The zero-order valence-electron chi connectivity index (χ0n) is 13.1. The maximum Gasteiger partial charge on any atom is 0.311 e. The number of carbonyl (C=O) groups excluding carboxylic acids is 1. The number of piperidine rings is 1. The number of amides is 1. The van der Waals surface area contributed by atoms with E-state index < -0.39 is 11.4 Å². The molecule has 0 spiro atoms. The van der Waals surface area contributed by atoms with Crippen molar-refractivity contribution < 1.29 is 19.4 Å². The number of aryl methyl sites for hydroxylation is 1. The molecule has 0 radical (unpaired) electrons. The largest absolute Gasteiger partial charge is 0.481 e. The fourth-order valence-corrected chi connectivity index (χ4v) is 3.06. The highest BCUT2D eigenvalue weighted by molar-refractivity contribution is 5.94. The molecule has 0 aliphatic carbocycles. The van der Waals surface area contributed by atoms with E-state index in [1.54, 1.807) is 29.9 Å². The summed E-state index contributed by atoms with van der Waals surface area (Å²) in [6.07, 6.45) is 5.67. The topological polar surface area (TPSA) is 84.7 Å². The van der Waals surface area contributed by atoms with Gasteiger partial charge in [-0.25, -0.2) is 0 Å². The van der Waals surface area contributed by atoms with E-state index in [1.165, 1.54) is 6.20 Å². The smallest absolute Gasteiger partial charge is 0.311 e. The van der Waals surface area contributed by atoms with Crippen molar-refractivity contribution in [2.24, 2.45) is 12.5 Å². The van der Waals surface area contributed by atoms with Crippen LogP contribution in [0.4, 0.5) is 0 Å². The molecule has 1 aromatic heterocycles. The van der Waals surface area contributed by atoms with Gasteiger partial charge in [0.15, 0.2) is 0 Å². The van der Waals surface area contributed by atoms with E-state index >= 15 is 0 Å². The summed E-state index contributed by atoms with van der Waals surface area (Å²) in [4.78, 5) is 25.9. The molecular weight excluding hydrogens is 286 g/mol. The minimum atomic E-state index is -0.866. The predicted molar refractivity (Wildman–Crippen MR) is 79.5 cm³/mol. The summed E-state index contributed by atoms with van der Waals surface area (Å²) >= 11 is 0. The Morgan fingerprint density at radius 3 is 2.86 bits per heavy atom. The second-order valence-corrected chi connectivity index (χ2v) is 5.91. The standard InChI is InChI=1S/C15H23N3O4/c1-17-10-12(9-16-17)13(19)18-7-3-5-15(11-18,14(20)21)6-4-8-22-2/h9-10H,3-8,11H2,1-2H3,(H,20,21). The Balaban J connectivity index is 2.11. The van der Waals surface area contributed by atoms with Crippen LogP contribution in [0.1, 0.15) is 36.0 Å². The highest BCUT2D eigenvalue weighted by Gasteiger charge is 2.43. The molecule has 1 aromatic rings. The lowest BCUT2D eigenvalue weighted by atomic mass is 9.76. The molecule has 22 heavy (non-hydrogen) atoms. The molecule has 1 atom stereocenters. The van der Waals surface area contributed by atoms with Crippen molar-refractivity contribution >= 4 is 11.9 Å². The van der Waals surface area contributed by atoms with E-state index in [4.69, 9.17) is 4.74 Å². The van der Waals surface area contributed by atoms with Gasteiger partial charge in [-0.2, -0.15) is 5.10 Å². The van der Waals surface area contributed by atoms with Crippen LogP contribution in [0.5, 0.6) is 0 Å². The fourth-order valence-electron chi connectivity index (χ4n) is 3.06. The van der Waals surface area contributed by atoms with Crippen molar-refractivity contribution in [2.45, 2.75) is 25.7 Å². The van der Waals surface area contributed by atoms with Crippen molar-refractivity contribution in [1.82, 2.24) is 14.7 Å². The number of hydrogen-bond donors (Lipinski definition) is 1. The SMILES string of the molecule is COCCCC1(C(=O)O)CCCN(C(=O)c2cnn(C)c2)C1. The summed E-state index contributed by atoms with van der Waals surface area (Å²) in [5.41, 5.74) is -0.366. The van der Waals surface area contributed by atoms with Gasteiger partial charge < -0.3 is 14.7 Å². The molecule has 1 amide bonds. The van der Waals surface area contributed by atoms with Crippen LogP contribution in [0, 0.1) is 5.41 Å². The van der Waals surface area contributed by atoms with E-state index in [9.17, 15) is 14.7 Å². The summed E-state index contributed by atoms with van der Waals surface area (Å²) in [5.74, 6) is -0.975. The van der Waals surface area contributed by atoms with Gasteiger partial charge >= 0.3 is 5.97 Å². The van der Waals surface area contributed by atoms with Gasteiger partial charge in [0.1, 0.15) is 0 Å². The van der Waals surface area contributed by atoms with Crippen LogP contribution in [0.3, 0.4) is 0 Å². The minimum absolute atomic E-state index is 0.148. The molecule has 122 valence electrons. The molecule has 1 aliphatic heterocycles. The number of methoxy groups -OCH3 is 1. The van der Waals surface area contributed by atoms with E-state index in [2.05, 4.69) is 5.10 Å². The van der Waals surface area contributed by atoms with Crippen LogP contribution in [-0.4, -0.2) is 58.5 Å². The Labute approximate surface area is 129 Å². The van der Waals surface area contributed by atoms with E-state index in [0.717, 1.165) is 0 Å². The number of carboxylic acid groups (broad SMARTS) is 1. The lowest BCUT2D eigenvalue weighted by Crippen LogP contribution is -2.50. The molecule has 1 aliphatic rings. The molecular formula is C15H23N3O4. The summed E-state index contributed by atoms with van der Waals surface area (Å²) < 4.78 is 6.59. The van der Waals surface area contributed by atoms with Crippen LogP contribution in [0.15, 0.2) is 12.4 Å². The lowest BCUT2D eigenvalue weighted by molar-refractivity contribution is -0.152. The molecule has 2 heterocycles. The van der Waals surface area contributed by atoms with E-state index in [0.29, 0.717) is 44.4 Å². The Hall–Kier alpha value is -1.89. The minimum Gasteiger partial charge on any atom is -0.481 e. The first-order chi connectivity index (χ1) is 10.5. The second-order valence-electron chi connectivity index (χ2n) is 5.91. The Bertz CT molecular complexity index is 543. The first kappa shape index (κ1) is 16.5. The molecule has 1 saturated heterocycles. The fraction of sp³-hybridized carbons (Fsp3) is 0.667. The van der Waals surface area contributed by atoms with Crippen molar-refractivity contribution in [1.29, 1.82) is 0 Å². The highest BCUT2D eigenvalue weighted by Crippen LogP contribution is 2.35. The third-order valence-corrected chi connectivity index (χ3v) is 4.27. The number of rotatable bonds is 6. The molecule has 0 saturated carbocycles. The third kappa shape index (κ3) is 3.47. The van der Waals surface area contributed by atoms with Gasteiger partial charge in [-0.15, -0.1) is 0 Å². The van der Waals surface area contributed by atoms with Crippen LogP contribution in [0.25, 0.3) is 0 Å². The average Bonchev–Trinajstić information content (AvgIpc) is 2.93. The van der Waals surface area contributed by atoms with Crippen LogP contribution < -0.4 is 0 Å². The van der Waals surface area contributed by atoms with Crippen molar-refractivity contribution in [2.75, 3.05) is 26.8 Å². The van der Waals surface area contributed by atoms with Gasteiger partial charge in [0.2, 0.25) is 0 Å². The molecule has 2 rings (SSSR count). The van der Waals surface area contributed by atoms with E-state index in [-0.39, 0.29) is 12.5 Å². The van der Waals surface area contributed by atoms with Crippen LogP contribution >= 0.6 is 0 Å². The zero-order chi connectivity index (χ0) is 16.2. The van der Waals surface area contributed by atoms with E-state index in [1.807, 2.05) is 0 Å². The summed E-state index contributed by atoms with van der Waals surface area (Å²) in [6.45, 7) is 1.37.